The number of carbonyl (C=O) groups is 1. The van der Waals surface area contributed by atoms with Crippen LogP contribution in [0.25, 0.3) is 0 Å². The Morgan fingerprint density at radius 2 is 2.09 bits per heavy atom. The summed E-state index contributed by atoms with van der Waals surface area (Å²) in [7, 11) is -0.803. The van der Waals surface area contributed by atoms with E-state index in [4.69, 9.17) is 0 Å². The molecule has 1 fully saturated rings. The summed E-state index contributed by atoms with van der Waals surface area (Å²) >= 11 is 0. The smallest absolute Gasteiger partial charge is 0.315 e. The molecule has 0 spiro atoms. The highest BCUT2D eigenvalue weighted by Gasteiger charge is 2.27. The number of hydrogen-bond acceptors (Lipinski definition) is 3. The summed E-state index contributed by atoms with van der Waals surface area (Å²) < 4.78 is 12.0. The molecular weight excluding hydrogens is 312 g/mol. The predicted octanol–water partition coefficient (Wildman–Crippen LogP) is 2.10. The maximum atomic E-state index is 12.2. The van der Waals surface area contributed by atoms with Crippen LogP contribution < -0.4 is 10.6 Å². The van der Waals surface area contributed by atoms with Crippen molar-refractivity contribution in [3.05, 3.63) is 35.9 Å². The molecular formula is C17H26N2O3S. The molecule has 1 aromatic rings. The van der Waals surface area contributed by atoms with E-state index in [1.165, 1.54) is 0 Å². The third-order valence-electron chi connectivity index (χ3n) is 4.31. The highest BCUT2D eigenvalue weighted by molar-refractivity contribution is 7.85. The van der Waals surface area contributed by atoms with Crippen molar-refractivity contribution < 1.29 is 14.1 Å². The molecule has 128 valence electrons. The summed E-state index contributed by atoms with van der Waals surface area (Å²) in [5.41, 5.74) is 0.874. The Balaban J connectivity index is 1.87. The number of hydrogen-bond donors (Lipinski definition) is 3. The van der Waals surface area contributed by atoms with E-state index in [1.54, 1.807) is 0 Å². The van der Waals surface area contributed by atoms with E-state index in [0.717, 1.165) is 31.2 Å². The van der Waals surface area contributed by atoms with Gasteiger partial charge in [0.15, 0.2) is 0 Å². The van der Waals surface area contributed by atoms with Gasteiger partial charge in [0.2, 0.25) is 0 Å². The highest BCUT2D eigenvalue weighted by Crippen LogP contribution is 2.23. The largest absolute Gasteiger partial charge is 0.394 e. The van der Waals surface area contributed by atoms with Crippen LogP contribution in [0, 0.1) is 0 Å². The maximum absolute atomic E-state index is 12.2. The second-order valence-electron chi connectivity index (χ2n) is 5.92. The Kier molecular flexibility index (Phi) is 7.05. The number of nitrogens with one attached hydrogen (secondary N) is 2. The highest BCUT2D eigenvalue weighted by atomic mass is 32.2. The molecule has 1 aliphatic carbocycles. The molecule has 0 radical (unpaired) electrons. The zero-order chi connectivity index (χ0) is 16.7. The molecule has 0 aromatic heterocycles. The first kappa shape index (κ1) is 17.9. The quantitative estimate of drug-likeness (QED) is 0.743. The van der Waals surface area contributed by atoms with Crippen LogP contribution in [0.2, 0.25) is 0 Å². The number of aliphatic hydroxyl groups is 1. The second kappa shape index (κ2) is 9.03. The average Bonchev–Trinajstić information content (AvgIpc) is 2.60. The lowest BCUT2D eigenvalue weighted by Crippen LogP contribution is -2.47. The summed E-state index contributed by atoms with van der Waals surface area (Å²) in [6.45, 7) is 1.79. The Hall–Kier alpha value is -1.40. The minimum absolute atomic E-state index is 0.0550. The molecule has 1 aliphatic rings. The Bertz CT molecular complexity index is 524. The fourth-order valence-corrected chi connectivity index (χ4v) is 4.40. The lowest BCUT2D eigenvalue weighted by molar-refractivity contribution is 0.211. The van der Waals surface area contributed by atoms with E-state index in [9.17, 15) is 14.1 Å². The van der Waals surface area contributed by atoms with E-state index in [2.05, 4.69) is 10.6 Å². The molecule has 4 unspecified atom stereocenters. The topological polar surface area (TPSA) is 78.4 Å². The first-order chi connectivity index (χ1) is 11.1. The van der Waals surface area contributed by atoms with Gasteiger partial charge in [-0.2, -0.15) is 0 Å². The number of carbonyl (C=O) groups excluding carboxylic acids is 1. The maximum Gasteiger partial charge on any atom is 0.315 e. The second-order valence-corrected chi connectivity index (χ2v) is 7.92. The normalized spacial score (nSPS) is 23.7. The van der Waals surface area contributed by atoms with Gasteiger partial charge in [0.05, 0.1) is 12.6 Å². The van der Waals surface area contributed by atoms with Crippen molar-refractivity contribution in [3.63, 3.8) is 0 Å². The molecule has 2 amide bonds. The lowest BCUT2D eigenvalue weighted by atomic mass is 9.95. The molecule has 1 saturated carbocycles. The molecule has 1 aromatic carbocycles. The summed E-state index contributed by atoms with van der Waals surface area (Å²) in [5.74, 6) is 0.671. The molecule has 0 saturated heterocycles. The van der Waals surface area contributed by atoms with E-state index >= 15 is 0 Å². The van der Waals surface area contributed by atoms with Crippen LogP contribution in [0.1, 0.15) is 44.2 Å². The van der Waals surface area contributed by atoms with Crippen molar-refractivity contribution in [3.8, 4) is 0 Å². The predicted molar refractivity (Wildman–Crippen MR) is 92.7 cm³/mol. The van der Waals surface area contributed by atoms with Gasteiger partial charge in [-0.05, 0) is 24.8 Å². The number of rotatable bonds is 6. The molecule has 2 rings (SSSR count). The van der Waals surface area contributed by atoms with Gasteiger partial charge < -0.3 is 15.7 Å². The van der Waals surface area contributed by atoms with Gasteiger partial charge in [-0.3, -0.25) is 4.21 Å². The fourth-order valence-electron chi connectivity index (χ4n) is 3.06. The fraction of sp³-hybridized carbons (Fsp3) is 0.588. The van der Waals surface area contributed by atoms with Crippen LogP contribution in [0.4, 0.5) is 4.79 Å². The molecule has 23 heavy (non-hydrogen) atoms. The molecule has 0 bridgehead atoms. The van der Waals surface area contributed by atoms with Crippen LogP contribution in [0.5, 0.6) is 0 Å². The Morgan fingerprint density at radius 3 is 2.74 bits per heavy atom. The van der Waals surface area contributed by atoms with Crippen LogP contribution in [0.3, 0.4) is 0 Å². The molecule has 5 nitrogen and oxygen atoms in total. The minimum Gasteiger partial charge on any atom is -0.394 e. The van der Waals surface area contributed by atoms with Gasteiger partial charge in [-0.1, -0.05) is 43.7 Å². The Labute approximate surface area is 140 Å². The number of aliphatic hydroxyl groups excluding tert-OH is 1. The van der Waals surface area contributed by atoms with E-state index in [1.807, 2.05) is 37.3 Å². The summed E-state index contributed by atoms with van der Waals surface area (Å²) in [5, 5.41) is 15.5. The lowest BCUT2D eigenvalue weighted by Gasteiger charge is -2.29. The summed E-state index contributed by atoms with van der Waals surface area (Å²) in [4.78, 5) is 12.2. The number of amides is 2. The number of benzene rings is 1. The van der Waals surface area contributed by atoms with Gasteiger partial charge in [0.1, 0.15) is 0 Å². The SMILES string of the molecule is CCS(=O)C1CCCC(NC(=O)NC(CO)c2ccccc2)C1. The van der Waals surface area contributed by atoms with E-state index in [0.29, 0.717) is 5.75 Å². The van der Waals surface area contributed by atoms with Crippen LogP contribution in [-0.4, -0.2) is 39.0 Å². The monoisotopic (exact) mass is 338 g/mol. The van der Waals surface area contributed by atoms with Crippen LogP contribution in [0.15, 0.2) is 30.3 Å². The van der Waals surface area contributed by atoms with Crippen molar-refractivity contribution >= 4 is 16.8 Å². The van der Waals surface area contributed by atoms with Gasteiger partial charge in [-0.15, -0.1) is 0 Å². The van der Waals surface area contributed by atoms with E-state index in [-0.39, 0.29) is 23.9 Å². The summed E-state index contributed by atoms with van der Waals surface area (Å²) in [6.07, 6.45) is 3.65. The third kappa shape index (κ3) is 5.32. The van der Waals surface area contributed by atoms with Gasteiger partial charge in [0.25, 0.3) is 0 Å². The van der Waals surface area contributed by atoms with Gasteiger partial charge in [-0.25, -0.2) is 4.79 Å². The van der Waals surface area contributed by atoms with Crippen molar-refractivity contribution in [1.29, 1.82) is 0 Å². The first-order valence-electron chi connectivity index (χ1n) is 8.24. The van der Waals surface area contributed by atoms with Crippen LogP contribution >= 0.6 is 0 Å². The molecule has 0 heterocycles. The minimum atomic E-state index is -0.803. The average molecular weight is 338 g/mol. The molecule has 4 atom stereocenters. The van der Waals surface area contributed by atoms with Crippen molar-refractivity contribution in [2.45, 2.75) is 49.9 Å². The number of urea groups is 1. The third-order valence-corrected chi connectivity index (χ3v) is 6.05. The van der Waals surface area contributed by atoms with E-state index < -0.39 is 16.8 Å². The molecule has 3 N–H and O–H groups in total. The van der Waals surface area contributed by atoms with Gasteiger partial charge >= 0.3 is 6.03 Å². The van der Waals surface area contributed by atoms with Crippen molar-refractivity contribution in [2.75, 3.05) is 12.4 Å². The summed E-state index contributed by atoms with van der Waals surface area (Å²) in [6, 6.07) is 8.77. The zero-order valence-corrected chi connectivity index (χ0v) is 14.3. The molecule has 0 aliphatic heterocycles. The van der Waals surface area contributed by atoms with Crippen molar-refractivity contribution in [2.24, 2.45) is 0 Å². The first-order valence-corrected chi connectivity index (χ1v) is 9.62. The van der Waals surface area contributed by atoms with Gasteiger partial charge in [0, 0.05) is 27.8 Å². The van der Waals surface area contributed by atoms with Crippen molar-refractivity contribution in [1.82, 2.24) is 10.6 Å². The molecule has 6 heteroatoms. The zero-order valence-electron chi connectivity index (χ0n) is 13.5. The Morgan fingerprint density at radius 1 is 1.35 bits per heavy atom. The standard InChI is InChI=1S/C17H26N2O3S/c1-2-23(22)15-10-6-9-14(11-15)18-17(21)19-16(12-20)13-7-4-3-5-8-13/h3-5,7-8,14-16,20H,2,6,9-12H2,1H3,(H2,18,19,21). The van der Waals surface area contributed by atoms with Crippen LogP contribution in [-0.2, 0) is 10.8 Å².